The number of amides is 1. The highest BCUT2D eigenvalue weighted by Crippen LogP contribution is 2.15. The van der Waals surface area contributed by atoms with E-state index in [1.807, 2.05) is 20.0 Å². The molecule has 1 aliphatic rings. The summed E-state index contributed by atoms with van der Waals surface area (Å²) in [7, 11) is 1.81. The predicted octanol–water partition coefficient (Wildman–Crippen LogP) is 2.72. The van der Waals surface area contributed by atoms with E-state index in [1.165, 1.54) is 12.0 Å². The quantitative estimate of drug-likeness (QED) is 0.270. The number of furan rings is 1. The van der Waals surface area contributed by atoms with Gasteiger partial charge in [0.1, 0.15) is 0 Å². The van der Waals surface area contributed by atoms with Crippen LogP contribution in [0, 0.1) is 6.92 Å². The van der Waals surface area contributed by atoms with Gasteiger partial charge in [-0.05, 0) is 31.5 Å². The summed E-state index contributed by atoms with van der Waals surface area (Å²) >= 11 is 0. The number of hydrogen-bond acceptors (Lipinski definition) is 4. The molecule has 1 fully saturated rings. The number of piperazine rings is 1. The highest BCUT2D eigenvalue weighted by atomic mass is 127. The van der Waals surface area contributed by atoms with Crippen molar-refractivity contribution < 1.29 is 9.21 Å². The molecular weight excluding hydrogens is 481 g/mol. The van der Waals surface area contributed by atoms with E-state index in [1.54, 1.807) is 6.07 Å². The molecule has 2 aromatic rings. The van der Waals surface area contributed by atoms with Gasteiger partial charge in [0.05, 0.1) is 6.26 Å². The number of aryl methyl sites for hydroxylation is 1. The molecule has 2 N–H and O–H groups in total. The molecule has 0 bridgehead atoms. The number of halogens is 1. The van der Waals surface area contributed by atoms with E-state index in [2.05, 4.69) is 49.7 Å². The maximum atomic E-state index is 12.0. The molecule has 0 saturated carbocycles. The minimum Gasteiger partial charge on any atom is -0.459 e. The zero-order chi connectivity index (χ0) is 19.8. The number of benzene rings is 1. The number of nitrogens with one attached hydrogen (secondary N) is 2. The molecule has 1 aliphatic heterocycles. The van der Waals surface area contributed by atoms with Crippen molar-refractivity contribution in [2.45, 2.75) is 13.3 Å². The maximum Gasteiger partial charge on any atom is 0.287 e. The number of carbonyl (C=O) groups is 1. The number of para-hydroxylation sites is 1. The van der Waals surface area contributed by atoms with Crippen molar-refractivity contribution in [3.8, 4) is 0 Å². The first-order valence-electron chi connectivity index (χ1n) is 9.77. The third-order valence-electron chi connectivity index (χ3n) is 4.90. The number of carbonyl (C=O) groups excluding carboxylic acids is 1. The van der Waals surface area contributed by atoms with Crippen LogP contribution in [-0.4, -0.2) is 63.1 Å². The van der Waals surface area contributed by atoms with Gasteiger partial charge in [-0.15, -0.1) is 24.0 Å². The van der Waals surface area contributed by atoms with Crippen LogP contribution in [0.25, 0.3) is 0 Å². The van der Waals surface area contributed by atoms with E-state index in [0.717, 1.165) is 50.7 Å². The van der Waals surface area contributed by atoms with Crippen LogP contribution in [0.1, 0.15) is 22.5 Å². The fraction of sp³-hybridized carbons (Fsp3) is 0.429. The zero-order valence-electron chi connectivity index (χ0n) is 17.1. The summed E-state index contributed by atoms with van der Waals surface area (Å²) in [5.74, 6) is 1.14. The predicted molar refractivity (Wildman–Crippen MR) is 127 cm³/mol. The van der Waals surface area contributed by atoms with Gasteiger partial charge in [-0.3, -0.25) is 9.79 Å². The Hall–Kier alpha value is -2.23. The average molecular weight is 511 g/mol. The van der Waals surface area contributed by atoms with Gasteiger partial charge in [-0.2, -0.15) is 0 Å². The van der Waals surface area contributed by atoms with Gasteiger partial charge in [0.2, 0.25) is 0 Å². The second-order valence-corrected chi connectivity index (χ2v) is 6.83. The van der Waals surface area contributed by atoms with Gasteiger partial charge in [-0.1, -0.05) is 18.2 Å². The Kier molecular flexibility index (Phi) is 9.30. The second kappa shape index (κ2) is 11.7. The summed E-state index contributed by atoms with van der Waals surface area (Å²) in [5, 5.41) is 6.28. The van der Waals surface area contributed by atoms with Crippen LogP contribution < -0.4 is 15.5 Å². The first-order chi connectivity index (χ1) is 13.7. The Bertz CT molecular complexity index is 785. The summed E-state index contributed by atoms with van der Waals surface area (Å²) in [4.78, 5) is 21.1. The van der Waals surface area contributed by atoms with E-state index in [4.69, 9.17) is 4.42 Å². The van der Waals surface area contributed by atoms with Crippen molar-refractivity contribution in [2.75, 3.05) is 51.2 Å². The molecule has 29 heavy (non-hydrogen) atoms. The lowest BCUT2D eigenvalue weighted by atomic mass is 10.2. The Morgan fingerprint density at radius 1 is 1.07 bits per heavy atom. The molecule has 3 rings (SSSR count). The summed E-state index contributed by atoms with van der Waals surface area (Å²) < 4.78 is 5.20. The zero-order valence-corrected chi connectivity index (χ0v) is 19.4. The third kappa shape index (κ3) is 6.38. The van der Waals surface area contributed by atoms with E-state index in [9.17, 15) is 4.79 Å². The van der Waals surface area contributed by atoms with Crippen LogP contribution in [0.15, 0.2) is 52.1 Å². The van der Waals surface area contributed by atoms with Gasteiger partial charge in [0.25, 0.3) is 5.91 Å². The molecule has 158 valence electrons. The Labute approximate surface area is 189 Å². The highest BCUT2D eigenvalue weighted by Gasteiger charge is 2.19. The molecule has 0 spiro atoms. The van der Waals surface area contributed by atoms with Gasteiger partial charge in [-0.25, -0.2) is 0 Å². The summed E-state index contributed by atoms with van der Waals surface area (Å²) in [6.45, 7) is 7.02. The van der Waals surface area contributed by atoms with Crippen LogP contribution in [0.4, 0.5) is 5.69 Å². The number of guanidine groups is 1. The maximum absolute atomic E-state index is 12.0. The van der Waals surface area contributed by atoms with Crippen LogP contribution in [0.2, 0.25) is 0 Å². The van der Waals surface area contributed by atoms with Crippen molar-refractivity contribution in [3.05, 3.63) is 54.0 Å². The Balaban J connectivity index is 0.00000300. The molecule has 0 aliphatic carbocycles. The average Bonchev–Trinajstić information content (AvgIpc) is 3.17. The number of anilines is 1. The summed E-state index contributed by atoms with van der Waals surface area (Å²) in [5.41, 5.74) is 2.12. The molecule has 8 heteroatoms. The third-order valence-corrected chi connectivity index (χ3v) is 4.90. The summed E-state index contributed by atoms with van der Waals surface area (Å²) in [6.07, 6.45) is 2.35. The lowest BCUT2D eigenvalue weighted by Gasteiger charge is -2.37. The number of hydrogen-bond donors (Lipinski definition) is 2. The van der Waals surface area contributed by atoms with Gasteiger partial charge in [0, 0.05) is 57.6 Å². The Morgan fingerprint density at radius 2 is 1.76 bits per heavy atom. The van der Waals surface area contributed by atoms with E-state index < -0.39 is 0 Å². The normalized spacial score (nSPS) is 14.3. The van der Waals surface area contributed by atoms with E-state index in [-0.39, 0.29) is 29.9 Å². The van der Waals surface area contributed by atoms with Gasteiger partial charge >= 0.3 is 0 Å². The molecule has 1 aromatic heterocycles. The van der Waals surface area contributed by atoms with Crippen LogP contribution >= 0.6 is 24.0 Å². The first-order valence-corrected chi connectivity index (χ1v) is 9.77. The molecule has 1 aromatic carbocycles. The van der Waals surface area contributed by atoms with Gasteiger partial charge < -0.3 is 24.9 Å². The van der Waals surface area contributed by atoms with Gasteiger partial charge in [0.15, 0.2) is 11.7 Å². The number of nitrogens with zero attached hydrogens (tertiary/aromatic N) is 3. The van der Waals surface area contributed by atoms with E-state index in [0.29, 0.717) is 12.3 Å². The van der Waals surface area contributed by atoms with Crippen molar-refractivity contribution >= 4 is 41.5 Å². The molecule has 1 amide bonds. The van der Waals surface area contributed by atoms with Crippen molar-refractivity contribution in [1.82, 2.24) is 15.5 Å². The topological polar surface area (TPSA) is 73.1 Å². The minimum absolute atomic E-state index is 0. The fourth-order valence-corrected chi connectivity index (χ4v) is 3.32. The molecule has 2 heterocycles. The lowest BCUT2D eigenvalue weighted by molar-refractivity contribution is 0.0925. The fourth-order valence-electron chi connectivity index (χ4n) is 3.32. The molecule has 1 saturated heterocycles. The van der Waals surface area contributed by atoms with Crippen molar-refractivity contribution in [1.29, 1.82) is 0 Å². The number of aliphatic imine (C=N–C) groups is 1. The van der Waals surface area contributed by atoms with Crippen molar-refractivity contribution in [2.24, 2.45) is 4.99 Å². The first kappa shape index (κ1) is 23.1. The summed E-state index contributed by atoms with van der Waals surface area (Å²) in [6, 6.07) is 12.3. The van der Waals surface area contributed by atoms with Crippen molar-refractivity contribution in [3.63, 3.8) is 0 Å². The van der Waals surface area contributed by atoms with Crippen LogP contribution in [0.5, 0.6) is 0 Å². The highest BCUT2D eigenvalue weighted by molar-refractivity contribution is 14.0. The SMILES string of the molecule is CN=C(NCCCNC(=O)c1occc1C)N1CCN(c2ccccc2)CC1.I. The number of rotatable bonds is 6. The molecule has 7 nitrogen and oxygen atoms in total. The molecule has 0 radical (unpaired) electrons. The standard InChI is InChI=1S/C21H29N5O2.HI/c1-17-9-16-28-19(17)20(27)23-10-6-11-24-21(22-2)26-14-12-25(13-15-26)18-7-4-3-5-8-18;/h3-5,7-9,16H,6,10-15H2,1-2H3,(H,22,24)(H,23,27);1H. The molecule has 0 atom stereocenters. The molecular formula is C21H30IN5O2. The molecule has 0 unspecified atom stereocenters. The van der Waals surface area contributed by atoms with Crippen LogP contribution in [-0.2, 0) is 0 Å². The smallest absolute Gasteiger partial charge is 0.287 e. The van der Waals surface area contributed by atoms with E-state index >= 15 is 0 Å². The Morgan fingerprint density at radius 3 is 2.38 bits per heavy atom. The lowest BCUT2D eigenvalue weighted by Crippen LogP contribution is -2.52. The van der Waals surface area contributed by atoms with Crippen LogP contribution in [0.3, 0.4) is 0 Å². The second-order valence-electron chi connectivity index (χ2n) is 6.83. The monoisotopic (exact) mass is 511 g/mol. The minimum atomic E-state index is -0.163. The largest absolute Gasteiger partial charge is 0.459 e.